The molecule has 2 heterocycles. The first-order chi connectivity index (χ1) is 12.5. The van der Waals surface area contributed by atoms with Crippen LogP contribution in [0.25, 0.3) is 0 Å². The van der Waals surface area contributed by atoms with Gasteiger partial charge in [-0.05, 0) is 17.7 Å². The summed E-state index contributed by atoms with van der Waals surface area (Å²) in [5.74, 6) is 0. The fourth-order valence-corrected chi connectivity index (χ4v) is 4.07. The van der Waals surface area contributed by atoms with Crippen LogP contribution < -0.4 is 0 Å². The summed E-state index contributed by atoms with van der Waals surface area (Å²) in [5.41, 5.74) is 0.900. The van der Waals surface area contributed by atoms with Gasteiger partial charge in [-0.1, -0.05) is 41.9 Å². The van der Waals surface area contributed by atoms with Gasteiger partial charge in [0.15, 0.2) is 0 Å². The lowest BCUT2D eigenvalue weighted by molar-refractivity contribution is 0.0838. The Labute approximate surface area is 157 Å². The van der Waals surface area contributed by atoms with Crippen molar-refractivity contribution in [1.29, 1.82) is 0 Å². The molecule has 1 aromatic carbocycles. The molecule has 0 spiro atoms. The minimum atomic E-state index is -3.65. The normalized spacial score (nSPS) is 15.7. The number of piperazine rings is 1. The Kier molecular flexibility index (Phi) is 5.75. The van der Waals surface area contributed by atoms with E-state index >= 15 is 0 Å². The number of benzene rings is 1. The van der Waals surface area contributed by atoms with Gasteiger partial charge in [0.05, 0.1) is 0 Å². The maximum absolute atomic E-state index is 12.6. The molecule has 1 aliphatic heterocycles. The number of carbonyl (C=O) groups excluding carboxylic acids is 1. The van der Waals surface area contributed by atoms with E-state index in [1.54, 1.807) is 0 Å². The molecule has 3 rings (SSSR count). The number of carbonyl (C=O) groups is 1. The summed E-state index contributed by atoms with van der Waals surface area (Å²) in [6, 6.07) is 12.2. The highest BCUT2D eigenvalue weighted by molar-refractivity contribution is 7.89. The van der Waals surface area contributed by atoms with Gasteiger partial charge in [-0.15, -0.1) is 0 Å². The average molecular weight is 396 g/mol. The molecule has 26 heavy (non-hydrogen) atoms. The van der Waals surface area contributed by atoms with Gasteiger partial charge in [-0.25, -0.2) is 18.2 Å². The summed E-state index contributed by atoms with van der Waals surface area (Å²) < 4.78 is 31.8. The van der Waals surface area contributed by atoms with E-state index in [0.29, 0.717) is 0 Å². The zero-order valence-electron chi connectivity index (χ0n) is 13.9. The van der Waals surface area contributed by atoms with Crippen LogP contribution in [0.1, 0.15) is 5.56 Å². The lowest BCUT2D eigenvalue weighted by Crippen LogP contribution is -2.50. The molecule has 138 valence electrons. The summed E-state index contributed by atoms with van der Waals surface area (Å²) in [4.78, 5) is 17.6. The zero-order valence-corrected chi connectivity index (χ0v) is 15.5. The number of halogens is 1. The molecule has 0 saturated carbocycles. The van der Waals surface area contributed by atoms with Crippen molar-refractivity contribution in [2.75, 3.05) is 26.2 Å². The summed E-state index contributed by atoms with van der Waals surface area (Å²) in [6.45, 7) is 1.13. The molecule has 0 atom stereocenters. The Morgan fingerprint density at radius 1 is 1.08 bits per heavy atom. The van der Waals surface area contributed by atoms with Gasteiger partial charge in [-0.3, -0.25) is 0 Å². The Bertz CT molecular complexity index is 851. The maximum Gasteiger partial charge on any atom is 0.410 e. The molecule has 0 unspecified atom stereocenters. The first-order valence-electron chi connectivity index (χ1n) is 8.04. The topological polar surface area (TPSA) is 79.8 Å². The maximum atomic E-state index is 12.6. The van der Waals surface area contributed by atoms with Crippen LogP contribution >= 0.6 is 11.6 Å². The van der Waals surface area contributed by atoms with E-state index in [9.17, 15) is 13.2 Å². The molecular weight excluding hydrogens is 378 g/mol. The molecule has 0 radical (unpaired) electrons. The Morgan fingerprint density at radius 3 is 2.38 bits per heavy atom. The van der Waals surface area contributed by atoms with E-state index in [-0.39, 0.29) is 42.8 Å². The van der Waals surface area contributed by atoms with Crippen molar-refractivity contribution < 1.29 is 17.9 Å². The number of sulfonamides is 1. The summed E-state index contributed by atoms with van der Waals surface area (Å²) >= 11 is 5.70. The summed E-state index contributed by atoms with van der Waals surface area (Å²) in [6.07, 6.45) is 0.789. The highest BCUT2D eigenvalue weighted by atomic mass is 35.5. The van der Waals surface area contributed by atoms with Crippen molar-refractivity contribution in [2.24, 2.45) is 0 Å². The zero-order chi connectivity index (χ0) is 18.6. The van der Waals surface area contributed by atoms with E-state index < -0.39 is 16.1 Å². The van der Waals surface area contributed by atoms with Crippen LogP contribution in [0.2, 0.25) is 5.15 Å². The van der Waals surface area contributed by atoms with Gasteiger partial charge in [-0.2, -0.15) is 4.31 Å². The molecule has 1 fully saturated rings. The number of pyridine rings is 1. The predicted molar refractivity (Wildman–Crippen MR) is 96.2 cm³/mol. The monoisotopic (exact) mass is 395 g/mol. The van der Waals surface area contributed by atoms with Crippen LogP contribution in [0, 0.1) is 0 Å². The molecule has 0 aliphatic carbocycles. The van der Waals surface area contributed by atoms with Crippen LogP contribution in [0.15, 0.2) is 53.6 Å². The number of rotatable bonds is 4. The second kappa shape index (κ2) is 8.03. The number of hydrogen-bond acceptors (Lipinski definition) is 5. The average Bonchev–Trinajstić information content (AvgIpc) is 2.67. The highest BCUT2D eigenvalue weighted by Crippen LogP contribution is 2.18. The molecular formula is C17H18ClN3O4S. The second-order valence-electron chi connectivity index (χ2n) is 5.75. The third-order valence-electron chi connectivity index (χ3n) is 4.04. The quantitative estimate of drug-likeness (QED) is 0.742. The van der Waals surface area contributed by atoms with Crippen molar-refractivity contribution in [3.63, 3.8) is 0 Å². The smallest absolute Gasteiger partial charge is 0.410 e. The number of ether oxygens (including phenoxy) is 1. The minimum Gasteiger partial charge on any atom is -0.445 e. The van der Waals surface area contributed by atoms with Crippen LogP contribution in [0.5, 0.6) is 0 Å². The van der Waals surface area contributed by atoms with E-state index in [1.807, 2.05) is 30.3 Å². The SMILES string of the molecule is O=C(OCc1ccccc1)N1CCN(S(=O)(=O)c2ccc(Cl)nc2)CC1. The van der Waals surface area contributed by atoms with Gasteiger partial charge in [0, 0.05) is 32.4 Å². The fourth-order valence-electron chi connectivity index (χ4n) is 2.59. The third-order valence-corrected chi connectivity index (χ3v) is 6.15. The Hall–Kier alpha value is -2.16. The third kappa shape index (κ3) is 4.32. The van der Waals surface area contributed by atoms with Gasteiger partial charge in [0.2, 0.25) is 10.0 Å². The lowest BCUT2D eigenvalue weighted by atomic mass is 10.2. The van der Waals surface area contributed by atoms with Crippen molar-refractivity contribution in [1.82, 2.24) is 14.2 Å². The molecule has 2 aromatic rings. The molecule has 9 heteroatoms. The number of nitrogens with zero attached hydrogens (tertiary/aromatic N) is 3. The Morgan fingerprint density at radius 2 is 1.77 bits per heavy atom. The van der Waals surface area contributed by atoms with Gasteiger partial charge in [0.1, 0.15) is 16.7 Å². The van der Waals surface area contributed by atoms with Crippen LogP contribution in [0.4, 0.5) is 4.79 Å². The molecule has 1 aromatic heterocycles. The van der Waals surface area contributed by atoms with Crippen molar-refractivity contribution in [3.8, 4) is 0 Å². The van der Waals surface area contributed by atoms with E-state index in [0.717, 1.165) is 5.56 Å². The molecule has 1 saturated heterocycles. The van der Waals surface area contributed by atoms with E-state index in [1.165, 1.54) is 27.5 Å². The molecule has 1 aliphatic rings. The summed E-state index contributed by atoms with van der Waals surface area (Å²) in [7, 11) is -3.65. The first-order valence-corrected chi connectivity index (χ1v) is 9.86. The van der Waals surface area contributed by atoms with Crippen LogP contribution in [-0.2, 0) is 21.4 Å². The highest BCUT2D eigenvalue weighted by Gasteiger charge is 2.30. The minimum absolute atomic E-state index is 0.0852. The largest absolute Gasteiger partial charge is 0.445 e. The Balaban J connectivity index is 1.55. The predicted octanol–water partition coefficient (Wildman–Crippen LogP) is 2.38. The fraction of sp³-hybridized carbons (Fsp3) is 0.294. The van der Waals surface area contributed by atoms with Crippen molar-refractivity contribution >= 4 is 27.7 Å². The lowest BCUT2D eigenvalue weighted by Gasteiger charge is -2.33. The van der Waals surface area contributed by atoms with Crippen LogP contribution in [-0.4, -0.2) is 54.9 Å². The number of aromatic nitrogens is 1. The van der Waals surface area contributed by atoms with Gasteiger partial charge in [0.25, 0.3) is 0 Å². The standard InChI is InChI=1S/C17H18ClN3O4S/c18-16-7-6-15(12-19-16)26(23,24)21-10-8-20(9-11-21)17(22)25-13-14-4-2-1-3-5-14/h1-7,12H,8-11,13H2. The second-order valence-corrected chi connectivity index (χ2v) is 8.07. The molecule has 1 amide bonds. The molecule has 0 N–H and O–H groups in total. The van der Waals surface area contributed by atoms with Gasteiger partial charge >= 0.3 is 6.09 Å². The first kappa shape index (κ1) is 18.6. The number of amides is 1. The van der Waals surface area contributed by atoms with E-state index in [2.05, 4.69) is 4.98 Å². The van der Waals surface area contributed by atoms with Crippen LogP contribution in [0.3, 0.4) is 0 Å². The van der Waals surface area contributed by atoms with Gasteiger partial charge < -0.3 is 9.64 Å². The molecule has 0 bridgehead atoms. The van der Waals surface area contributed by atoms with Crippen molar-refractivity contribution in [3.05, 3.63) is 59.4 Å². The molecule has 7 nitrogen and oxygen atoms in total. The van der Waals surface area contributed by atoms with Crippen molar-refractivity contribution in [2.45, 2.75) is 11.5 Å². The number of hydrogen-bond donors (Lipinski definition) is 0. The summed E-state index contributed by atoms with van der Waals surface area (Å²) in [5, 5.41) is 0.231. The van der Waals surface area contributed by atoms with E-state index in [4.69, 9.17) is 16.3 Å².